The lowest BCUT2D eigenvalue weighted by atomic mass is 10.2. The number of aromatic nitrogens is 2. The minimum Gasteiger partial charge on any atom is -0.324 e. The topological polar surface area (TPSA) is 54.9 Å². The first-order valence-corrected chi connectivity index (χ1v) is 8.24. The van der Waals surface area contributed by atoms with Gasteiger partial charge in [0.25, 0.3) is 0 Å². The number of amides is 1. The number of carbonyl (C=O) groups excluding carboxylic acids is 1. The number of anilines is 1. The third-order valence-electron chi connectivity index (χ3n) is 3.34. The summed E-state index contributed by atoms with van der Waals surface area (Å²) in [5.74, 6) is 0.113. The third kappa shape index (κ3) is 4.21. The summed E-state index contributed by atoms with van der Waals surface area (Å²) in [6, 6.07) is 5.53. The van der Waals surface area contributed by atoms with Gasteiger partial charge in [-0.3, -0.25) is 4.79 Å². The molecular formula is C16H18ClN3OS. The van der Waals surface area contributed by atoms with Crippen molar-refractivity contribution in [3.05, 3.63) is 45.7 Å². The summed E-state index contributed by atoms with van der Waals surface area (Å²) in [6.45, 7) is 7.83. The zero-order valence-corrected chi connectivity index (χ0v) is 14.6. The van der Waals surface area contributed by atoms with Crippen molar-refractivity contribution in [1.29, 1.82) is 0 Å². The number of thioether (sulfide) groups is 1. The molecule has 0 unspecified atom stereocenters. The highest BCUT2D eigenvalue weighted by Crippen LogP contribution is 2.23. The van der Waals surface area contributed by atoms with Crippen molar-refractivity contribution in [2.75, 3.05) is 11.1 Å². The monoisotopic (exact) mass is 335 g/mol. The third-order valence-corrected chi connectivity index (χ3v) is 4.50. The Morgan fingerprint density at radius 1 is 1.18 bits per heavy atom. The molecular weight excluding hydrogens is 318 g/mol. The predicted octanol–water partition coefficient (Wildman–Crippen LogP) is 4.09. The smallest absolute Gasteiger partial charge is 0.234 e. The number of hydrogen-bond acceptors (Lipinski definition) is 4. The number of carbonyl (C=O) groups is 1. The van der Waals surface area contributed by atoms with Crippen LogP contribution in [-0.4, -0.2) is 21.6 Å². The second-order valence-electron chi connectivity index (χ2n) is 5.12. The maximum Gasteiger partial charge on any atom is 0.234 e. The number of rotatable bonds is 4. The fourth-order valence-corrected chi connectivity index (χ4v) is 2.86. The Bertz CT molecular complexity index is 696. The molecule has 1 heterocycles. The van der Waals surface area contributed by atoms with Crippen LogP contribution in [0.2, 0.25) is 5.02 Å². The van der Waals surface area contributed by atoms with Gasteiger partial charge in [0.05, 0.1) is 16.5 Å². The van der Waals surface area contributed by atoms with E-state index in [0.29, 0.717) is 15.9 Å². The highest BCUT2D eigenvalue weighted by atomic mass is 35.5. The molecule has 22 heavy (non-hydrogen) atoms. The molecule has 0 aliphatic rings. The van der Waals surface area contributed by atoms with Crippen LogP contribution >= 0.6 is 23.4 Å². The quantitative estimate of drug-likeness (QED) is 0.675. The first-order valence-electron chi connectivity index (χ1n) is 6.87. The molecule has 0 radical (unpaired) electrons. The van der Waals surface area contributed by atoms with E-state index in [2.05, 4.69) is 15.3 Å². The summed E-state index contributed by atoms with van der Waals surface area (Å²) in [6.07, 6.45) is 0. The Morgan fingerprint density at radius 3 is 2.41 bits per heavy atom. The largest absolute Gasteiger partial charge is 0.324 e. The van der Waals surface area contributed by atoms with Crippen LogP contribution in [-0.2, 0) is 4.79 Å². The summed E-state index contributed by atoms with van der Waals surface area (Å²) in [5, 5.41) is 3.96. The molecule has 1 aromatic carbocycles. The molecule has 0 fully saturated rings. The lowest BCUT2D eigenvalue weighted by Gasteiger charge is -2.09. The molecule has 2 rings (SSSR count). The van der Waals surface area contributed by atoms with Crippen LogP contribution in [0.5, 0.6) is 0 Å². The molecule has 6 heteroatoms. The van der Waals surface area contributed by atoms with E-state index in [1.807, 2.05) is 39.8 Å². The van der Waals surface area contributed by atoms with Crippen LogP contribution in [0.4, 0.5) is 5.69 Å². The average molecular weight is 336 g/mol. The minimum absolute atomic E-state index is 0.129. The van der Waals surface area contributed by atoms with Gasteiger partial charge in [-0.2, -0.15) is 0 Å². The fourth-order valence-electron chi connectivity index (χ4n) is 1.84. The highest BCUT2D eigenvalue weighted by molar-refractivity contribution is 7.99. The normalized spacial score (nSPS) is 10.6. The Kier molecular flexibility index (Phi) is 5.42. The lowest BCUT2D eigenvalue weighted by molar-refractivity contribution is -0.113. The molecule has 1 N–H and O–H groups in total. The molecule has 2 aromatic rings. The molecule has 0 spiro atoms. The maximum atomic E-state index is 12.0. The molecule has 1 aromatic heterocycles. The average Bonchev–Trinajstić information content (AvgIpc) is 2.45. The van der Waals surface area contributed by atoms with E-state index >= 15 is 0 Å². The molecule has 0 saturated heterocycles. The zero-order chi connectivity index (χ0) is 16.3. The van der Waals surface area contributed by atoms with Gasteiger partial charge in [0, 0.05) is 11.4 Å². The second kappa shape index (κ2) is 7.11. The summed E-state index contributed by atoms with van der Waals surface area (Å²) in [5.41, 5.74) is 4.64. The molecule has 4 nitrogen and oxygen atoms in total. The molecule has 0 aliphatic carbocycles. The van der Waals surface area contributed by atoms with Crippen molar-refractivity contribution in [3.63, 3.8) is 0 Å². The van der Waals surface area contributed by atoms with Gasteiger partial charge in [-0.15, -0.1) is 0 Å². The SMILES string of the molecule is Cc1ccc(NC(=O)CSc2nc(C)c(C)c(C)n2)c(Cl)c1. The van der Waals surface area contributed by atoms with Gasteiger partial charge in [0.15, 0.2) is 5.16 Å². The molecule has 1 amide bonds. The predicted molar refractivity (Wildman–Crippen MR) is 91.8 cm³/mol. The number of benzene rings is 1. The van der Waals surface area contributed by atoms with Crippen LogP contribution in [0.3, 0.4) is 0 Å². The summed E-state index contributed by atoms with van der Waals surface area (Å²) in [7, 11) is 0. The van der Waals surface area contributed by atoms with E-state index in [4.69, 9.17) is 11.6 Å². The van der Waals surface area contributed by atoms with Gasteiger partial charge < -0.3 is 5.32 Å². The molecule has 0 bridgehead atoms. The number of halogens is 1. The lowest BCUT2D eigenvalue weighted by Crippen LogP contribution is -2.14. The van der Waals surface area contributed by atoms with E-state index in [1.54, 1.807) is 6.07 Å². The van der Waals surface area contributed by atoms with Gasteiger partial charge >= 0.3 is 0 Å². The number of aryl methyl sites for hydroxylation is 3. The zero-order valence-electron chi connectivity index (χ0n) is 13.0. The Hall–Kier alpha value is -1.59. The first-order chi connectivity index (χ1) is 10.4. The minimum atomic E-state index is -0.129. The highest BCUT2D eigenvalue weighted by Gasteiger charge is 2.10. The van der Waals surface area contributed by atoms with E-state index in [1.165, 1.54) is 11.8 Å². The van der Waals surface area contributed by atoms with Gasteiger partial charge in [-0.05, 0) is 51.0 Å². The molecule has 0 saturated carbocycles. The summed E-state index contributed by atoms with van der Waals surface area (Å²) in [4.78, 5) is 20.8. The number of hydrogen-bond donors (Lipinski definition) is 1. The fraction of sp³-hybridized carbons (Fsp3) is 0.312. The van der Waals surface area contributed by atoms with Crippen molar-refractivity contribution in [2.45, 2.75) is 32.9 Å². The van der Waals surface area contributed by atoms with E-state index in [0.717, 1.165) is 22.5 Å². The van der Waals surface area contributed by atoms with Gasteiger partial charge in [-0.1, -0.05) is 29.4 Å². The second-order valence-corrected chi connectivity index (χ2v) is 6.47. The Labute approximate surface area is 139 Å². The van der Waals surface area contributed by atoms with Crippen molar-refractivity contribution < 1.29 is 4.79 Å². The Morgan fingerprint density at radius 2 is 1.82 bits per heavy atom. The van der Waals surface area contributed by atoms with Crippen LogP contribution in [0.15, 0.2) is 23.4 Å². The van der Waals surface area contributed by atoms with Gasteiger partial charge in [0.1, 0.15) is 0 Å². The van der Waals surface area contributed by atoms with Crippen LogP contribution < -0.4 is 5.32 Å². The Balaban J connectivity index is 1.98. The van der Waals surface area contributed by atoms with E-state index in [-0.39, 0.29) is 11.7 Å². The molecule has 0 aliphatic heterocycles. The first kappa shape index (κ1) is 16.8. The summed E-state index contributed by atoms with van der Waals surface area (Å²) >= 11 is 7.42. The molecule has 116 valence electrons. The van der Waals surface area contributed by atoms with E-state index in [9.17, 15) is 4.79 Å². The number of nitrogens with zero attached hydrogens (tertiary/aromatic N) is 2. The van der Waals surface area contributed by atoms with Crippen LogP contribution in [0.25, 0.3) is 0 Å². The van der Waals surface area contributed by atoms with Crippen molar-refractivity contribution in [1.82, 2.24) is 9.97 Å². The van der Waals surface area contributed by atoms with Crippen molar-refractivity contribution in [2.24, 2.45) is 0 Å². The standard InChI is InChI=1S/C16H18ClN3OS/c1-9-5-6-14(13(17)7-9)20-15(21)8-22-16-18-11(3)10(2)12(4)19-16/h5-7H,8H2,1-4H3,(H,20,21). The summed E-state index contributed by atoms with van der Waals surface area (Å²) < 4.78 is 0. The number of nitrogens with one attached hydrogen (secondary N) is 1. The van der Waals surface area contributed by atoms with Gasteiger partial charge in [-0.25, -0.2) is 9.97 Å². The van der Waals surface area contributed by atoms with Crippen LogP contribution in [0.1, 0.15) is 22.5 Å². The van der Waals surface area contributed by atoms with E-state index < -0.39 is 0 Å². The maximum absolute atomic E-state index is 12.0. The van der Waals surface area contributed by atoms with Crippen molar-refractivity contribution in [3.8, 4) is 0 Å². The van der Waals surface area contributed by atoms with Gasteiger partial charge in [0.2, 0.25) is 5.91 Å². The van der Waals surface area contributed by atoms with Crippen molar-refractivity contribution >= 4 is 35.0 Å². The molecule has 0 atom stereocenters. The van der Waals surface area contributed by atoms with Crippen LogP contribution in [0, 0.1) is 27.7 Å².